The second-order valence-electron chi connectivity index (χ2n) is 3.78. The van der Waals surface area contributed by atoms with Crippen LogP contribution in [-0.2, 0) is 0 Å². The molecule has 1 N–H and O–H groups in total. The molecular weight excluding hydrogens is 198 g/mol. The number of aromatic nitrogens is 2. The van der Waals surface area contributed by atoms with Gasteiger partial charge in [-0.1, -0.05) is 25.1 Å². The molecule has 0 saturated heterocycles. The molecule has 1 heterocycles. The number of hydrogen-bond acceptors (Lipinski definition) is 2. The van der Waals surface area contributed by atoms with Crippen molar-refractivity contribution in [2.45, 2.75) is 19.9 Å². The lowest BCUT2D eigenvalue weighted by molar-refractivity contribution is 0.564. The van der Waals surface area contributed by atoms with E-state index in [0.29, 0.717) is 6.04 Å². The van der Waals surface area contributed by atoms with Crippen molar-refractivity contribution < 1.29 is 0 Å². The fourth-order valence-corrected chi connectivity index (χ4v) is 1.84. The zero-order chi connectivity index (χ0) is 11.4. The minimum Gasteiger partial charge on any atom is -0.309 e. The number of nitrogens with zero attached hydrogens (tertiary/aromatic N) is 2. The summed E-state index contributed by atoms with van der Waals surface area (Å²) in [5.41, 5.74) is 2.29. The Morgan fingerprint density at radius 1 is 1.25 bits per heavy atom. The molecule has 1 aromatic heterocycles. The number of nitrogens with one attached hydrogen (secondary N) is 1. The lowest BCUT2D eigenvalue weighted by Crippen LogP contribution is -2.20. The molecule has 0 spiro atoms. The van der Waals surface area contributed by atoms with Gasteiger partial charge in [-0.2, -0.15) is 5.10 Å². The predicted octanol–water partition coefficient (Wildman–Crippen LogP) is 2.54. The van der Waals surface area contributed by atoms with Crippen LogP contribution < -0.4 is 5.32 Å². The van der Waals surface area contributed by atoms with Crippen LogP contribution in [0, 0.1) is 0 Å². The first kappa shape index (κ1) is 10.9. The van der Waals surface area contributed by atoms with Gasteiger partial charge in [-0.25, -0.2) is 4.68 Å². The monoisotopic (exact) mass is 215 g/mol. The largest absolute Gasteiger partial charge is 0.309 e. The van der Waals surface area contributed by atoms with Crippen molar-refractivity contribution in [2.24, 2.45) is 0 Å². The van der Waals surface area contributed by atoms with Crippen molar-refractivity contribution in [3.8, 4) is 5.69 Å². The van der Waals surface area contributed by atoms with E-state index in [2.05, 4.69) is 42.5 Å². The maximum Gasteiger partial charge on any atom is 0.0649 e. The SMILES string of the molecule is CCNC(C)c1ccnn1-c1ccccc1. The van der Waals surface area contributed by atoms with Crippen molar-refractivity contribution in [1.29, 1.82) is 0 Å². The van der Waals surface area contributed by atoms with Crippen LogP contribution in [0.2, 0.25) is 0 Å². The zero-order valence-electron chi connectivity index (χ0n) is 9.72. The molecule has 1 aromatic carbocycles. The fraction of sp³-hybridized carbons (Fsp3) is 0.308. The van der Waals surface area contributed by atoms with Gasteiger partial charge in [0.15, 0.2) is 0 Å². The number of hydrogen-bond donors (Lipinski definition) is 1. The number of benzene rings is 1. The molecule has 0 aliphatic rings. The average molecular weight is 215 g/mol. The Bertz CT molecular complexity index is 433. The summed E-state index contributed by atoms with van der Waals surface area (Å²) in [6, 6.07) is 12.6. The van der Waals surface area contributed by atoms with E-state index in [0.717, 1.165) is 12.2 Å². The van der Waals surface area contributed by atoms with Crippen LogP contribution in [0.25, 0.3) is 5.69 Å². The van der Waals surface area contributed by atoms with E-state index >= 15 is 0 Å². The molecule has 0 aliphatic carbocycles. The van der Waals surface area contributed by atoms with Crippen molar-refractivity contribution in [1.82, 2.24) is 15.1 Å². The molecular formula is C13H17N3. The third-order valence-electron chi connectivity index (χ3n) is 2.63. The third kappa shape index (κ3) is 2.14. The summed E-state index contributed by atoms with van der Waals surface area (Å²) >= 11 is 0. The highest BCUT2D eigenvalue weighted by atomic mass is 15.3. The standard InChI is InChI=1S/C13H17N3/c1-3-14-11(2)13-9-10-15-16(13)12-7-5-4-6-8-12/h4-11,14H,3H2,1-2H3. The summed E-state index contributed by atoms with van der Waals surface area (Å²) in [5, 5.41) is 7.76. The molecule has 3 heteroatoms. The second kappa shape index (κ2) is 4.94. The highest BCUT2D eigenvalue weighted by Crippen LogP contribution is 2.16. The van der Waals surface area contributed by atoms with E-state index in [4.69, 9.17) is 0 Å². The summed E-state index contributed by atoms with van der Waals surface area (Å²) in [6.07, 6.45) is 1.84. The molecule has 3 nitrogen and oxygen atoms in total. The molecule has 2 aromatic rings. The van der Waals surface area contributed by atoms with Gasteiger partial charge in [-0.15, -0.1) is 0 Å². The van der Waals surface area contributed by atoms with E-state index in [1.54, 1.807) is 0 Å². The molecule has 2 rings (SSSR count). The third-order valence-corrected chi connectivity index (χ3v) is 2.63. The van der Waals surface area contributed by atoms with Gasteiger partial charge < -0.3 is 5.32 Å². The van der Waals surface area contributed by atoms with E-state index < -0.39 is 0 Å². The van der Waals surface area contributed by atoms with Crippen LogP contribution in [0.15, 0.2) is 42.6 Å². The zero-order valence-corrected chi connectivity index (χ0v) is 9.72. The van der Waals surface area contributed by atoms with Crippen LogP contribution in [-0.4, -0.2) is 16.3 Å². The molecule has 0 saturated carbocycles. The maximum atomic E-state index is 4.37. The minimum atomic E-state index is 0.313. The van der Waals surface area contributed by atoms with Gasteiger partial charge in [0.05, 0.1) is 11.4 Å². The molecule has 0 radical (unpaired) electrons. The van der Waals surface area contributed by atoms with Gasteiger partial charge >= 0.3 is 0 Å². The van der Waals surface area contributed by atoms with E-state index in [9.17, 15) is 0 Å². The Hall–Kier alpha value is -1.61. The Kier molecular flexibility index (Phi) is 3.37. The van der Waals surface area contributed by atoms with Gasteiger partial charge in [0.1, 0.15) is 0 Å². The number of rotatable bonds is 4. The van der Waals surface area contributed by atoms with Crippen LogP contribution in [0.5, 0.6) is 0 Å². The molecule has 0 aliphatic heterocycles. The second-order valence-corrected chi connectivity index (χ2v) is 3.78. The molecule has 16 heavy (non-hydrogen) atoms. The van der Waals surface area contributed by atoms with Crippen molar-refractivity contribution in [2.75, 3.05) is 6.54 Å². The topological polar surface area (TPSA) is 29.9 Å². The summed E-state index contributed by atoms with van der Waals surface area (Å²) in [5.74, 6) is 0. The highest BCUT2D eigenvalue weighted by Gasteiger charge is 2.10. The molecule has 1 atom stereocenters. The highest BCUT2D eigenvalue weighted by molar-refractivity contribution is 5.32. The quantitative estimate of drug-likeness (QED) is 0.849. The van der Waals surface area contributed by atoms with Gasteiger partial charge in [0.25, 0.3) is 0 Å². The van der Waals surface area contributed by atoms with Gasteiger partial charge in [-0.05, 0) is 31.7 Å². The van der Waals surface area contributed by atoms with Crippen molar-refractivity contribution >= 4 is 0 Å². The fourth-order valence-electron chi connectivity index (χ4n) is 1.84. The van der Waals surface area contributed by atoms with Gasteiger partial charge in [0.2, 0.25) is 0 Å². The molecule has 0 amide bonds. The first-order valence-electron chi connectivity index (χ1n) is 5.65. The average Bonchev–Trinajstić information content (AvgIpc) is 2.79. The normalized spacial score (nSPS) is 12.6. The minimum absolute atomic E-state index is 0.313. The summed E-state index contributed by atoms with van der Waals surface area (Å²) in [7, 11) is 0. The van der Waals surface area contributed by atoms with E-state index in [-0.39, 0.29) is 0 Å². The van der Waals surface area contributed by atoms with Crippen LogP contribution in [0.1, 0.15) is 25.6 Å². The first-order chi connectivity index (χ1) is 7.83. The molecule has 0 bridgehead atoms. The van der Waals surface area contributed by atoms with Gasteiger partial charge in [0, 0.05) is 12.2 Å². The van der Waals surface area contributed by atoms with Crippen molar-refractivity contribution in [3.05, 3.63) is 48.3 Å². The maximum absolute atomic E-state index is 4.37. The van der Waals surface area contributed by atoms with Gasteiger partial charge in [-0.3, -0.25) is 0 Å². The lowest BCUT2D eigenvalue weighted by atomic mass is 10.2. The molecule has 0 fully saturated rings. The lowest BCUT2D eigenvalue weighted by Gasteiger charge is -2.14. The number of para-hydroxylation sites is 1. The first-order valence-corrected chi connectivity index (χ1v) is 5.65. The summed E-state index contributed by atoms with van der Waals surface area (Å²) in [6.45, 7) is 5.22. The Balaban J connectivity index is 2.33. The van der Waals surface area contributed by atoms with E-state index in [1.807, 2.05) is 29.1 Å². The summed E-state index contributed by atoms with van der Waals surface area (Å²) in [4.78, 5) is 0. The Labute approximate surface area is 96.1 Å². The Morgan fingerprint density at radius 2 is 2.00 bits per heavy atom. The van der Waals surface area contributed by atoms with Crippen LogP contribution in [0.4, 0.5) is 0 Å². The van der Waals surface area contributed by atoms with Crippen LogP contribution in [0.3, 0.4) is 0 Å². The molecule has 84 valence electrons. The smallest absolute Gasteiger partial charge is 0.0649 e. The van der Waals surface area contributed by atoms with E-state index in [1.165, 1.54) is 5.69 Å². The molecule has 1 unspecified atom stereocenters. The van der Waals surface area contributed by atoms with Crippen LogP contribution >= 0.6 is 0 Å². The van der Waals surface area contributed by atoms with Crippen molar-refractivity contribution in [3.63, 3.8) is 0 Å². The predicted molar refractivity (Wildman–Crippen MR) is 65.7 cm³/mol. The summed E-state index contributed by atoms with van der Waals surface area (Å²) < 4.78 is 1.98. The Morgan fingerprint density at radius 3 is 2.69 bits per heavy atom.